The predicted octanol–water partition coefficient (Wildman–Crippen LogP) is 7.41. The molecular weight excluding hydrogens is 556 g/mol. The minimum Gasteiger partial charge on any atom is -0.449 e. The van der Waals surface area contributed by atoms with E-state index in [-0.39, 0.29) is 36.0 Å². The van der Waals surface area contributed by atoms with E-state index >= 15 is 0 Å². The Morgan fingerprint density at radius 3 is 2.49 bits per heavy atom. The van der Waals surface area contributed by atoms with Crippen LogP contribution in [0.4, 0.5) is 25.0 Å². The summed E-state index contributed by atoms with van der Waals surface area (Å²) in [5.41, 5.74) is 3.55. The Morgan fingerprint density at radius 1 is 0.953 bits per heavy atom. The lowest BCUT2D eigenvalue weighted by Crippen LogP contribution is -2.24. The summed E-state index contributed by atoms with van der Waals surface area (Å²) >= 11 is 0. The minimum absolute atomic E-state index is 0.0391. The first-order valence-corrected chi connectivity index (χ1v) is 14.0. The van der Waals surface area contributed by atoms with Crippen LogP contribution in [0.1, 0.15) is 67.3 Å². The molecule has 0 spiro atoms. The first-order valence-electron chi connectivity index (χ1n) is 14.0. The number of benzene rings is 3. The molecule has 43 heavy (non-hydrogen) atoms. The van der Waals surface area contributed by atoms with E-state index in [9.17, 15) is 23.2 Å². The van der Waals surface area contributed by atoms with Crippen molar-refractivity contribution in [1.29, 1.82) is 0 Å². The van der Waals surface area contributed by atoms with Gasteiger partial charge in [0, 0.05) is 42.2 Å². The number of halogens is 2. The third kappa shape index (κ3) is 6.85. The van der Waals surface area contributed by atoms with Crippen LogP contribution in [0.2, 0.25) is 0 Å². The van der Waals surface area contributed by atoms with Crippen molar-refractivity contribution in [2.45, 2.75) is 58.1 Å². The maximum absolute atomic E-state index is 14.1. The van der Waals surface area contributed by atoms with Gasteiger partial charge in [-0.1, -0.05) is 38.1 Å². The normalized spacial score (nSPS) is 19.5. The van der Waals surface area contributed by atoms with Crippen molar-refractivity contribution in [3.63, 3.8) is 0 Å². The average Bonchev–Trinajstić information content (AvgIpc) is 2.94. The molecule has 10 heteroatoms. The van der Waals surface area contributed by atoms with Crippen molar-refractivity contribution in [2.24, 2.45) is 0 Å². The second-order valence-corrected chi connectivity index (χ2v) is 11.2. The monoisotopic (exact) mass is 589 g/mol. The lowest BCUT2D eigenvalue weighted by Gasteiger charge is -2.25. The molecule has 4 bridgehead atoms. The SMILES string of the molecule is Cc1cc2ccc1[C@@H](C)COC(=O)Nc1ccc(OC(C)(F)F)c(c1)[C@@H](C)CC(=O)[C@@H]2Nc1ccc2cc[nH]c(=O)c2c1. The highest BCUT2D eigenvalue weighted by molar-refractivity contribution is 5.91. The summed E-state index contributed by atoms with van der Waals surface area (Å²) in [7, 11) is 0. The number of ketones is 1. The van der Waals surface area contributed by atoms with E-state index in [1.807, 2.05) is 32.0 Å². The molecule has 6 rings (SSSR count). The standard InChI is InChI=1S/C33H33F2N3O5/c1-18-13-22-6-9-25(18)20(3)17-42-32(41)38-24-8-10-29(43-33(4,34)35)26(15-24)19(2)14-28(39)30(22)37-23-7-5-21-11-12-36-31(40)27(21)16-23/h5-13,15-16,19-20,30,37H,14,17H2,1-4H3,(H,36,40)(H,38,41)/t19-,20-,30+/m0/s1. The molecule has 0 saturated heterocycles. The van der Waals surface area contributed by atoms with E-state index in [1.165, 1.54) is 18.2 Å². The van der Waals surface area contributed by atoms with Crippen molar-refractivity contribution in [1.82, 2.24) is 4.98 Å². The highest BCUT2D eigenvalue weighted by Gasteiger charge is 2.29. The Kier molecular flexibility index (Phi) is 8.21. The first kappa shape index (κ1) is 29.8. The van der Waals surface area contributed by atoms with Crippen molar-refractivity contribution < 1.29 is 27.8 Å². The molecule has 2 aliphatic rings. The number of nitrogens with one attached hydrogen (secondary N) is 3. The number of amides is 1. The number of aryl methyl sites for hydroxylation is 1. The van der Waals surface area contributed by atoms with E-state index in [0.29, 0.717) is 34.8 Å². The number of aromatic amines is 1. The number of anilines is 2. The van der Waals surface area contributed by atoms with Crippen LogP contribution in [0, 0.1) is 6.92 Å². The molecule has 2 aliphatic heterocycles. The molecule has 0 aliphatic carbocycles. The molecule has 0 unspecified atom stereocenters. The second-order valence-electron chi connectivity index (χ2n) is 11.2. The Hall–Kier alpha value is -4.73. The van der Waals surface area contributed by atoms with Gasteiger partial charge in [0.05, 0.1) is 6.61 Å². The minimum atomic E-state index is -3.46. The third-order valence-electron chi connectivity index (χ3n) is 7.61. The van der Waals surface area contributed by atoms with Gasteiger partial charge in [-0.2, -0.15) is 8.78 Å². The van der Waals surface area contributed by atoms with Gasteiger partial charge in [0.1, 0.15) is 11.8 Å². The summed E-state index contributed by atoms with van der Waals surface area (Å²) in [5, 5.41) is 7.20. The van der Waals surface area contributed by atoms with Crippen molar-refractivity contribution in [2.75, 3.05) is 17.2 Å². The topological polar surface area (TPSA) is 110 Å². The Balaban J connectivity index is 1.58. The van der Waals surface area contributed by atoms with Crippen LogP contribution in [0.3, 0.4) is 0 Å². The summed E-state index contributed by atoms with van der Waals surface area (Å²) in [6.07, 6.45) is -2.61. The molecule has 4 aromatic rings. The summed E-state index contributed by atoms with van der Waals surface area (Å²) in [6, 6.07) is 16.3. The second kappa shape index (κ2) is 11.9. The zero-order chi connectivity index (χ0) is 30.9. The molecule has 1 amide bonds. The van der Waals surface area contributed by atoms with E-state index in [2.05, 4.69) is 15.6 Å². The molecule has 0 radical (unpaired) electrons. The highest BCUT2D eigenvalue weighted by atomic mass is 19.3. The number of pyridine rings is 1. The fourth-order valence-electron chi connectivity index (χ4n) is 5.49. The number of rotatable bonds is 4. The number of ether oxygens (including phenoxy) is 2. The number of carbonyl (C=O) groups excluding carboxylic acids is 2. The Bertz CT molecular complexity index is 1750. The summed E-state index contributed by atoms with van der Waals surface area (Å²) in [5.74, 6) is -1.01. The van der Waals surface area contributed by atoms with Gasteiger partial charge in [-0.15, -0.1) is 0 Å². The zero-order valence-electron chi connectivity index (χ0n) is 24.3. The van der Waals surface area contributed by atoms with Gasteiger partial charge in [-0.05, 0) is 76.9 Å². The van der Waals surface area contributed by atoms with Crippen LogP contribution in [-0.4, -0.2) is 29.6 Å². The highest BCUT2D eigenvalue weighted by Crippen LogP contribution is 2.37. The van der Waals surface area contributed by atoms with Gasteiger partial charge >= 0.3 is 12.2 Å². The predicted molar refractivity (Wildman–Crippen MR) is 161 cm³/mol. The molecule has 1 aromatic heterocycles. The van der Waals surface area contributed by atoms with Crippen LogP contribution < -0.4 is 20.9 Å². The first-order chi connectivity index (χ1) is 20.4. The molecule has 3 aromatic carbocycles. The van der Waals surface area contributed by atoms with Crippen LogP contribution in [0.15, 0.2) is 71.7 Å². The van der Waals surface area contributed by atoms with Gasteiger partial charge < -0.3 is 19.8 Å². The maximum atomic E-state index is 14.1. The number of Topliss-reactive ketones (excluding diaryl/α,β-unsaturated/α-hetero) is 1. The Labute approximate surface area is 247 Å². The van der Waals surface area contributed by atoms with Gasteiger partial charge in [0.25, 0.3) is 5.56 Å². The Morgan fingerprint density at radius 2 is 1.74 bits per heavy atom. The number of alkyl halides is 2. The largest absolute Gasteiger partial charge is 0.449 e. The molecule has 3 N–H and O–H groups in total. The lowest BCUT2D eigenvalue weighted by molar-refractivity contribution is -0.159. The van der Waals surface area contributed by atoms with Gasteiger partial charge in [0.15, 0.2) is 5.78 Å². The molecular formula is C33H33F2N3O5. The lowest BCUT2D eigenvalue weighted by atomic mass is 9.88. The van der Waals surface area contributed by atoms with Crippen LogP contribution in [0.5, 0.6) is 5.75 Å². The average molecular weight is 590 g/mol. The fourth-order valence-corrected chi connectivity index (χ4v) is 5.49. The number of fused-ring (bicyclic) bond motifs is 10. The number of H-pyrrole nitrogens is 1. The smallest absolute Gasteiger partial charge is 0.411 e. The summed E-state index contributed by atoms with van der Waals surface area (Å²) < 4.78 is 38.2. The van der Waals surface area contributed by atoms with Gasteiger partial charge in [-0.25, -0.2) is 4.79 Å². The van der Waals surface area contributed by atoms with Crippen LogP contribution in [-0.2, 0) is 9.53 Å². The molecule has 3 atom stereocenters. The van der Waals surface area contributed by atoms with Gasteiger partial charge in [-0.3, -0.25) is 14.9 Å². The van der Waals surface area contributed by atoms with Crippen LogP contribution >= 0.6 is 0 Å². The van der Waals surface area contributed by atoms with Crippen LogP contribution in [0.25, 0.3) is 10.8 Å². The quantitative estimate of drug-likeness (QED) is 0.229. The molecule has 0 saturated carbocycles. The number of hydrogen-bond acceptors (Lipinski definition) is 6. The van der Waals surface area contributed by atoms with E-state index in [1.54, 1.807) is 37.4 Å². The van der Waals surface area contributed by atoms with Crippen molar-refractivity contribution >= 4 is 34.0 Å². The summed E-state index contributed by atoms with van der Waals surface area (Å²) in [4.78, 5) is 41.7. The maximum Gasteiger partial charge on any atom is 0.411 e. The number of hydrogen-bond donors (Lipinski definition) is 3. The van der Waals surface area contributed by atoms with Crippen molar-refractivity contribution in [3.05, 3.63) is 99.5 Å². The number of aromatic nitrogens is 1. The fraction of sp³-hybridized carbons (Fsp3) is 0.303. The summed E-state index contributed by atoms with van der Waals surface area (Å²) in [6.45, 7) is 6.34. The van der Waals surface area contributed by atoms with E-state index < -0.39 is 24.2 Å². The van der Waals surface area contributed by atoms with E-state index in [4.69, 9.17) is 9.47 Å². The molecule has 8 nitrogen and oxygen atoms in total. The molecule has 3 heterocycles. The number of carbonyl (C=O) groups is 2. The zero-order valence-corrected chi connectivity index (χ0v) is 24.3. The van der Waals surface area contributed by atoms with Gasteiger partial charge in [0.2, 0.25) is 0 Å². The third-order valence-corrected chi connectivity index (χ3v) is 7.61. The molecule has 0 fully saturated rings. The van der Waals surface area contributed by atoms with E-state index in [0.717, 1.165) is 16.5 Å². The van der Waals surface area contributed by atoms with Crippen molar-refractivity contribution in [3.8, 4) is 5.75 Å². The molecule has 224 valence electrons.